The van der Waals surface area contributed by atoms with Crippen molar-refractivity contribution in [2.75, 3.05) is 72.5 Å². The smallest absolute Gasteiger partial charge is 0.315 e. The van der Waals surface area contributed by atoms with Gasteiger partial charge in [-0.25, -0.2) is 0 Å². The van der Waals surface area contributed by atoms with E-state index >= 15 is 0 Å². The third kappa shape index (κ3) is 5.20. The van der Waals surface area contributed by atoms with E-state index in [0.29, 0.717) is 31.6 Å². The van der Waals surface area contributed by atoms with Crippen LogP contribution in [-0.4, -0.2) is 133 Å². The molecule has 1 aromatic heterocycles. The number of aliphatic hydroxyl groups excluding tert-OH is 2. The summed E-state index contributed by atoms with van der Waals surface area (Å²) in [6, 6.07) is 11.4. The van der Waals surface area contributed by atoms with E-state index in [4.69, 9.17) is 9.47 Å². The molecule has 5 N–H and O–H groups in total. The van der Waals surface area contributed by atoms with Gasteiger partial charge < -0.3 is 44.9 Å². The molecule has 1 saturated heterocycles. The molecule has 2 fully saturated rings. The standard InChI is InChI=1S/C43H57N5O7/c1-7-41-15-10-18-48-20-16-42(37(41)48)29-22-28(32(54-5)23-31(29)47(4)38(42)43(53,39(41)51)40(52)44-17-11-21-49)33-25(2)24-46(3)19-14-27-26-12-8-9-13-30(26)45-35(27)34(33)36(50)55-6/h8-10,12-13,15,22-23,25,33-34,37-39,45,49,51,53H,7,11,14,16-21,24H2,1-6H3,(H,44,52)/t25?,33-,34?,37?,38?,39-,41-,42?,43+/m1/s1. The maximum atomic E-state index is 14.5. The minimum Gasteiger partial charge on any atom is -0.496 e. The summed E-state index contributed by atoms with van der Waals surface area (Å²) in [5.74, 6) is -1.44. The molecule has 5 heterocycles. The lowest BCUT2D eigenvalue weighted by Gasteiger charge is -2.63. The first-order valence-corrected chi connectivity index (χ1v) is 20.0. The van der Waals surface area contributed by atoms with Gasteiger partial charge in [-0.15, -0.1) is 0 Å². The largest absolute Gasteiger partial charge is 0.496 e. The highest BCUT2D eigenvalue weighted by atomic mass is 16.5. The van der Waals surface area contributed by atoms with E-state index in [1.807, 2.05) is 37.1 Å². The van der Waals surface area contributed by atoms with Gasteiger partial charge in [-0.05, 0) is 74.0 Å². The number of para-hydroxylation sites is 1. The Labute approximate surface area is 323 Å². The average molecular weight is 756 g/mol. The van der Waals surface area contributed by atoms with Gasteiger partial charge in [0, 0.05) is 91.0 Å². The maximum Gasteiger partial charge on any atom is 0.315 e. The van der Waals surface area contributed by atoms with Crippen molar-refractivity contribution in [2.45, 2.75) is 80.6 Å². The number of nitrogens with zero attached hydrogens (tertiary/aromatic N) is 3. The molecule has 12 heteroatoms. The number of hydrogen-bond acceptors (Lipinski definition) is 10. The number of aromatic nitrogens is 1. The molecule has 1 saturated carbocycles. The molecule has 1 aliphatic carbocycles. The van der Waals surface area contributed by atoms with Crippen molar-refractivity contribution in [2.24, 2.45) is 11.3 Å². The minimum absolute atomic E-state index is 0.0272. The molecule has 1 spiro atoms. The van der Waals surface area contributed by atoms with Gasteiger partial charge in [0.25, 0.3) is 5.91 Å². The monoisotopic (exact) mass is 755 g/mol. The fourth-order valence-corrected chi connectivity index (χ4v) is 12.1. The summed E-state index contributed by atoms with van der Waals surface area (Å²) in [7, 11) is 7.14. The number of likely N-dealkylation sites (N-methyl/N-ethyl adjacent to an activating group) is 2. The Morgan fingerprint density at radius 3 is 2.62 bits per heavy atom. The lowest BCUT2D eigenvalue weighted by Crippen LogP contribution is -2.81. The summed E-state index contributed by atoms with van der Waals surface area (Å²) in [6.07, 6.45) is 4.97. The SMILES string of the molecule is CC[C@]12C=CCN3CCC4(c5cc([C@H]6C(C)CN(C)CCc7c([nH]c8ccccc78)C6C(=O)OC)c(OC)cc5N(C)C4[C@@](O)(C(=O)NCCCO)[C@@H]1O)C32. The second-order valence-corrected chi connectivity index (χ2v) is 16.8. The summed E-state index contributed by atoms with van der Waals surface area (Å²) in [6.45, 7) is 7.27. The second kappa shape index (κ2) is 13.9. The van der Waals surface area contributed by atoms with Gasteiger partial charge in [-0.1, -0.05) is 44.2 Å². The number of H-pyrrole nitrogens is 1. The Bertz CT molecular complexity index is 2020. The lowest BCUT2D eigenvalue weighted by atomic mass is 9.47. The summed E-state index contributed by atoms with van der Waals surface area (Å²) in [5.41, 5.74) is 1.73. The molecule has 296 valence electrons. The average Bonchev–Trinajstić information content (AvgIpc) is 3.84. The van der Waals surface area contributed by atoms with E-state index in [-0.39, 0.29) is 37.0 Å². The number of carbonyl (C=O) groups is 2. The van der Waals surface area contributed by atoms with Gasteiger partial charge in [0.1, 0.15) is 17.8 Å². The second-order valence-electron chi connectivity index (χ2n) is 16.8. The van der Waals surface area contributed by atoms with Gasteiger partial charge in [0.15, 0.2) is 5.60 Å². The Morgan fingerprint density at radius 1 is 1.11 bits per heavy atom. The van der Waals surface area contributed by atoms with E-state index in [2.05, 4.69) is 64.4 Å². The van der Waals surface area contributed by atoms with Crippen LogP contribution in [-0.2, 0) is 26.2 Å². The number of rotatable bonds is 8. The number of ether oxygens (including phenoxy) is 2. The molecule has 55 heavy (non-hydrogen) atoms. The van der Waals surface area contributed by atoms with Crippen molar-refractivity contribution in [1.82, 2.24) is 20.1 Å². The summed E-state index contributed by atoms with van der Waals surface area (Å²) < 4.78 is 12.0. The molecular formula is C43H57N5O7. The van der Waals surface area contributed by atoms with Crippen LogP contribution >= 0.6 is 0 Å². The van der Waals surface area contributed by atoms with Crippen molar-refractivity contribution in [3.8, 4) is 5.75 Å². The van der Waals surface area contributed by atoms with Crippen molar-refractivity contribution in [1.29, 1.82) is 0 Å². The molecule has 0 bridgehead atoms. The van der Waals surface area contributed by atoms with Crippen LogP contribution < -0.4 is 15.0 Å². The first kappa shape index (κ1) is 38.0. The maximum absolute atomic E-state index is 14.5. The fraction of sp³-hybridized carbons (Fsp3) is 0.581. The Kier molecular flexibility index (Phi) is 9.60. The van der Waals surface area contributed by atoms with E-state index in [1.165, 1.54) is 7.11 Å². The zero-order valence-electron chi connectivity index (χ0n) is 33.0. The van der Waals surface area contributed by atoms with Crippen LogP contribution in [0.2, 0.25) is 0 Å². The summed E-state index contributed by atoms with van der Waals surface area (Å²) in [4.78, 5) is 39.2. The Hall–Kier alpha value is -3.94. The van der Waals surface area contributed by atoms with Crippen molar-refractivity contribution in [3.05, 3.63) is 70.9 Å². The zero-order chi connectivity index (χ0) is 39.0. The highest BCUT2D eigenvalue weighted by Crippen LogP contribution is 2.67. The van der Waals surface area contributed by atoms with Crippen molar-refractivity contribution in [3.63, 3.8) is 0 Å². The van der Waals surface area contributed by atoms with Gasteiger partial charge in [-0.2, -0.15) is 0 Å². The van der Waals surface area contributed by atoms with Gasteiger partial charge in [0.2, 0.25) is 0 Å². The number of esters is 1. The highest BCUT2D eigenvalue weighted by Gasteiger charge is 2.78. The molecule has 3 aromatic rings. The van der Waals surface area contributed by atoms with Gasteiger partial charge in [-0.3, -0.25) is 14.5 Å². The van der Waals surface area contributed by atoms with Crippen LogP contribution in [0.3, 0.4) is 0 Å². The first-order chi connectivity index (χ1) is 26.4. The van der Waals surface area contributed by atoms with E-state index < -0.39 is 40.4 Å². The van der Waals surface area contributed by atoms with Crippen molar-refractivity contribution < 1.29 is 34.4 Å². The number of benzene rings is 2. The topological polar surface area (TPSA) is 151 Å². The molecule has 12 nitrogen and oxygen atoms in total. The molecule has 5 unspecified atom stereocenters. The summed E-state index contributed by atoms with van der Waals surface area (Å²) >= 11 is 0. The van der Waals surface area contributed by atoms with E-state index in [1.54, 1.807) is 7.11 Å². The van der Waals surface area contributed by atoms with Crippen LogP contribution in [0.25, 0.3) is 10.9 Å². The predicted molar refractivity (Wildman–Crippen MR) is 211 cm³/mol. The molecular weight excluding hydrogens is 699 g/mol. The van der Waals surface area contributed by atoms with Crippen LogP contribution in [0.15, 0.2) is 48.6 Å². The van der Waals surface area contributed by atoms with E-state index in [0.717, 1.165) is 65.0 Å². The molecule has 9 atom stereocenters. The minimum atomic E-state index is -2.21. The Morgan fingerprint density at radius 2 is 1.89 bits per heavy atom. The number of aliphatic hydroxyl groups is 3. The molecule has 0 radical (unpaired) electrons. The molecule has 5 aliphatic rings. The number of aromatic amines is 1. The molecule has 1 amide bonds. The van der Waals surface area contributed by atoms with E-state index in [9.17, 15) is 24.9 Å². The third-order valence-corrected chi connectivity index (χ3v) is 14.3. The van der Waals surface area contributed by atoms with Gasteiger partial charge >= 0.3 is 5.97 Å². The van der Waals surface area contributed by atoms with Gasteiger partial charge in [0.05, 0.1) is 20.3 Å². The number of fused-ring (bicyclic) bond motifs is 4. The predicted octanol–water partition coefficient (Wildman–Crippen LogP) is 3.04. The molecule has 2 aromatic carbocycles. The number of methoxy groups -OCH3 is 2. The summed E-state index contributed by atoms with van der Waals surface area (Å²) in [5, 5.41) is 39.1. The zero-order valence-corrected chi connectivity index (χ0v) is 33.0. The first-order valence-electron chi connectivity index (χ1n) is 20.0. The number of nitrogens with one attached hydrogen (secondary N) is 2. The van der Waals surface area contributed by atoms with Crippen LogP contribution in [0.1, 0.15) is 67.3 Å². The number of carbonyl (C=O) groups excluding carboxylic acids is 2. The number of hydrogen-bond donors (Lipinski definition) is 5. The third-order valence-electron chi connectivity index (χ3n) is 14.3. The lowest BCUT2D eigenvalue weighted by molar-refractivity contribution is -0.203. The number of amides is 1. The van der Waals surface area contributed by atoms with Crippen LogP contribution in [0, 0.1) is 11.3 Å². The molecule has 4 aliphatic heterocycles. The van der Waals surface area contributed by atoms with Crippen LogP contribution in [0.5, 0.6) is 5.75 Å². The highest BCUT2D eigenvalue weighted by molar-refractivity contribution is 5.91. The molecule has 8 rings (SSSR count). The van der Waals surface area contributed by atoms with Crippen LogP contribution in [0.4, 0.5) is 5.69 Å². The normalized spacial score (nSPS) is 34.2. The Balaban J connectivity index is 1.38. The van der Waals surface area contributed by atoms with Crippen molar-refractivity contribution >= 4 is 28.5 Å². The quantitative estimate of drug-likeness (QED) is 0.132. The number of anilines is 1. The fourth-order valence-electron chi connectivity index (χ4n) is 12.1.